The normalized spacial score (nSPS) is 15.0. The molecule has 4 rings (SSSR count). The number of hydrogen-bond donors (Lipinski definition) is 0. The summed E-state index contributed by atoms with van der Waals surface area (Å²) in [6.45, 7) is 0.176. The summed E-state index contributed by atoms with van der Waals surface area (Å²) >= 11 is 0. The van der Waals surface area contributed by atoms with Gasteiger partial charge in [-0.3, -0.25) is 4.31 Å². The van der Waals surface area contributed by atoms with Crippen molar-refractivity contribution in [2.75, 3.05) is 17.5 Å². The average Bonchev–Trinajstić information content (AvgIpc) is 2.80. The van der Waals surface area contributed by atoms with Crippen LogP contribution in [0.4, 0.5) is 10.1 Å². The van der Waals surface area contributed by atoms with E-state index >= 15 is 0 Å². The van der Waals surface area contributed by atoms with Crippen LogP contribution in [-0.4, -0.2) is 21.6 Å². The molecule has 0 aliphatic carbocycles. The first-order valence-electron chi connectivity index (χ1n) is 7.51. The van der Waals surface area contributed by atoms with Gasteiger partial charge in [-0.15, -0.1) is 0 Å². The molecule has 4 nitrogen and oxygen atoms in total. The first-order valence-corrected chi connectivity index (χ1v) is 8.95. The van der Waals surface area contributed by atoms with Gasteiger partial charge in [0.05, 0.1) is 17.1 Å². The lowest BCUT2D eigenvalue weighted by atomic mass is 10.1. The van der Waals surface area contributed by atoms with E-state index in [1.807, 2.05) is 18.2 Å². The van der Waals surface area contributed by atoms with Gasteiger partial charge in [-0.2, -0.15) is 0 Å². The molecule has 0 spiro atoms. The van der Waals surface area contributed by atoms with Crippen molar-refractivity contribution in [3.05, 3.63) is 66.5 Å². The Labute approximate surface area is 139 Å². The number of hydrogen-bond acceptors (Lipinski definition) is 3. The Kier molecular flexibility index (Phi) is 3.42. The molecule has 0 unspecified atom stereocenters. The van der Waals surface area contributed by atoms with Crippen molar-refractivity contribution < 1.29 is 17.5 Å². The Balaban J connectivity index is 1.63. The molecular formula is C18H14FNO3S. The minimum atomic E-state index is -3.60. The van der Waals surface area contributed by atoms with E-state index in [0.717, 1.165) is 10.8 Å². The van der Waals surface area contributed by atoms with Crippen LogP contribution in [0.2, 0.25) is 0 Å². The second-order valence-electron chi connectivity index (χ2n) is 5.49. The highest BCUT2D eigenvalue weighted by Crippen LogP contribution is 2.41. The number of sulfonamides is 1. The van der Waals surface area contributed by atoms with Crippen LogP contribution in [0.5, 0.6) is 5.75 Å². The van der Waals surface area contributed by atoms with E-state index in [0.29, 0.717) is 10.6 Å². The van der Waals surface area contributed by atoms with Crippen molar-refractivity contribution >= 4 is 26.5 Å². The number of nitrogens with zero attached hydrogens (tertiary/aromatic N) is 1. The third-order valence-electron chi connectivity index (χ3n) is 4.07. The average molecular weight is 343 g/mol. The topological polar surface area (TPSA) is 46.6 Å². The molecule has 0 amide bonds. The van der Waals surface area contributed by atoms with Crippen molar-refractivity contribution in [1.82, 2.24) is 0 Å². The number of para-hydroxylation sites is 1. The smallest absolute Gasteiger partial charge is 0.265 e. The van der Waals surface area contributed by atoms with Crippen molar-refractivity contribution in [3.8, 4) is 5.75 Å². The zero-order valence-electron chi connectivity index (χ0n) is 12.6. The summed E-state index contributed by atoms with van der Waals surface area (Å²) in [5.74, 6) is -0.350. The van der Waals surface area contributed by atoms with E-state index in [2.05, 4.69) is 0 Å². The molecule has 0 bridgehead atoms. The van der Waals surface area contributed by atoms with Crippen LogP contribution in [0.15, 0.2) is 65.6 Å². The lowest BCUT2D eigenvalue weighted by molar-refractivity contribution is 0.311. The highest BCUT2D eigenvalue weighted by molar-refractivity contribution is 7.93. The van der Waals surface area contributed by atoms with Gasteiger partial charge in [-0.05, 0) is 29.7 Å². The maximum atomic E-state index is 13.6. The van der Waals surface area contributed by atoms with Crippen molar-refractivity contribution in [1.29, 1.82) is 0 Å². The summed E-state index contributed by atoms with van der Waals surface area (Å²) < 4.78 is 45.9. The molecule has 0 atom stereocenters. The molecular weight excluding hydrogens is 329 g/mol. The molecule has 0 N–H and O–H groups in total. The Hall–Kier alpha value is -2.60. The fourth-order valence-electron chi connectivity index (χ4n) is 3.00. The van der Waals surface area contributed by atoms with Crippen molar-refractivity contribution in [3.63, 3.8) is 0 Å². The van der Waals surface area contributed by atoms with Crippen molar-refractivity contribution in [2.45, 2.75) is 4.90 Å². The summed E-state index contributed by atoms with van der Waals surface area (Å²) in [7, 11) is -3.60. The molecule has 1 heterocycles. The third kappa shape index (κ3) is 2.22. The van der Waals surface area contributed by atoms with E-state index in [1.165, 1.54) is 16.4 Å². The van der Waals surface area contributed by atoms with Crippen LogP contribution in [0.25, 0.3) is 10.8 Å². The quantitative estimate of drug-likeness (QED) is 0.728. The van der Waals surface area contributed by atoms with Gasteiger partial charge in [0.1, 0.15) is 6.61 Å². The van der Waals surface area contributed by atoms with Crippen molar-refractivity contribution in [2.24, 2.45) is 0 Å². The van der Waals surface area contributed by atoms with Crippen LogP contribution in [0, 0.1) is 5.82 Å². The highest BCUT2D eigenvalue weighted by atomic mass is 32.2. The first-order chi connectivity index (χ1) is 11.6. The number of ether oxygens (including phenoxy) is 1. The zero-order valence-corrected chi connectivity index (χ0v) is 13.5. The van der Waals surface area contributed by atoms with Gasteiger partial charge in [-0.25, -0.2) is 12.8 Å². The standard InChI is InChI=1S/C18H14FNO3S/c19-14-7-1-2-9-16(14)23-12-11-20-15-8-3-5-13-6-4-10-17(18(13)15)24(20,21)22/h1-10H,11-12H2. The molecule has 24 heavy (non-hydrogen) atoms. The number of halogens is 1. The largest absolute Gasteiger partial charge is 0.489 e. The molecule has 0 saturated carbocycles. The van der Waals surface area contributed by atoms with Gasteiger partial charge in [0, 0.05) is 5.39 Å². The molecule has 1 aliphatic rings. The van der Waals surface area contributed by atoms with Gasteiger partial charge in [-0.1, -0.05) is 36.4 Å². The minimum Gasteiger partial charge on any atom is -0.489 e. The lowest BCUT2D eigenvalue weighted by Crippen LogP contribution is -2.31. The second-order valence-corrected chi connectivity index (χ2v) is 7.32. The maximum absolute atomic E-state index is 13.6. The maximum Gasteiger partial charge on any atom is 0.265 e. The van der Waals surface area contributed by atoms with Gasteiger partial charge >= 0.3 is 0 Å². The predicted molar refractivity (Wildman–Crippen MR) is 90.4 cm³/mol. The zero-order chi connectivity index (χ0) is 16.7. The van der Waals surface area contributed by atoms with Gasteiger partial charge < -0.3 is 4.74 Å². The minimum absolute atomic E-state index is 0.0601. The van der Waals surface area contributed by atoms with Crippen LogP contribution in [0.3, 0.4) is 0 Å². The number of rotatable bonds is 4. The summed E-state index contributed by atoms with van der Waals surface area (Å²) in [5.41, 5.74) is 0.639. The molecule has 3 aromatic rings. The van der Waals surface area contributed by atoms with Gasteiger partial charge in [0.2, 0.25) is 0 Å². The van der Waals surface area contributed by atoms with Crippen LogP contribution in [0.1, 0.15) is 0 Å². The van der Waals surface area contributed by atoms with E-state index in [1.54, 1.807) is 30.3 Å². The fraction of sp³-hybridized carbons (Fsp3) is 0.111. The molecule has 3 aromatic carbocycles. The SMILES string of the molecule is O=S1(=O)c2cccc3cccc(c23)N1CCOc1ccccc1F. The van der Waals surface area contributed by atoms with E-state index < -0.39 is 15.8 Å². The first kappa shape index (κ1) is 15.0. The summed E-state index contributed by atoms with van der Waals surface area (Å²) in [5, 5.41) is 1.61. The van der Waals surface area contributed by atoms with Gasteiger partial charge in [0.15, 0.2) is 11.6 Å². The van der Waals surface area contributed by atoms with Crippen LogP contribution in [-0.2, 0) is 10.0 Å². The van der Waals surface area contributed by atoms with Crippen LogP contribution >= 0.6 is 0 Å². The van der Waals surface area contributed by atoms with Crippen LogP contribution < -0.4 is 9.04 Å². The van der Waals surface area contributed by atoms with Gasteiger partial charge in [0.25, 0.3) is 10.0 Å². The molecule has 0 radical (unpaired) electrons. The predicted octanol–water partition coefficient (Wildman–Crippen LogP) is 3.57. The molecule has 122 valence electrons. The Bertz CT molecular complexity index is 1030. The molecule has 0 saturated heterocycles. The fourth-order valence-corrected chi connectivity index (χ4v) is 4.69. The number of anilines is 1. The summed E-state index contributed by atoms with van der Waals surface area (Å²) in [4.78, 5) is 0.307. The summed E-state index contributed by atoms with van der Waals surface area (Å²) in [6.07, 6.45) is 0. The molecule has 6 heteroatoms. The monoisotopic (exact) mass is 343 g/mol. The lowest BCUT2D eigenvalue weighted by Gasteiger charge is -2.19. The molecule has 1 aliphatic heterocycles. The summed E-state index contributed by atoms with van der Waals surface area (Å²) in [6, 6.07) is 16.8. The van der Waals surface area contributed by atoms with E-state index in [-0.39, 0.29) is 18.9 Å². The second kappa shape index (κ2) is 5.49. The Morgan fingerprint density at radius 2 is 1.71 bits per heavy atom. The Morgan fingerprint density at radius 3 is 2.50 bits per heavy atom. The van der Waals surface area contributed by atoms with E-state index in [4.69, 9.17) is 4.74 Å². The molecule has 0 fully saturated rings. The Morgan fingerprint density at radius 1 is 0.958 bits per heavy atom. The molecule has 0 aromatic heterocycles. The number of benzene rings is 3. The highest BCUT2D eigenvalue weighted by Gasteiger charge is 2.35. The van der Waals surface area contributed by atoms with E-state index in [9.17, 15) is 12.8 Å². The third-order valence-corrected chi connectivity index (χ3v) is 5.93.